The van der Waals surface area contributed by atoms with Crippen molar-refractivity contribution in [3.63, 3.8) is 0 Å². The number of nitrogens with one attached hydrogen (secondary N) is 1. The largest absolute Gasteiger partial charge is 0.497 e. The van der Waals surface area contributed by atoms with Gasteiger partial charge in [-0.25, -0.2) is 0 Å². The van der Waals surface area contributed by atoms with Gasteiger partial charge in [-0.05, 0) is 43.5 Å². The zero-order valence-corrected chi connectivity index (χ0v) is 13.0. The zero-order valence-electron chi connectivity index (χ0n) is 13.0. The molecule has 3 heteroatoms. The van der Waals surface area contributed by atoms with Gasteiger partial charge >= 0.3 is 0 Å². The minimum Gasteiger partial charge on any atom is -0.497 e. The van der Waals surface area contributed by atoms with Crippen LogP contribution in [0, 0.1) is 5.41 Å². The number of rotatable bonds is 6. The van der Waals surface area contributed by atoms with Gasteiger partial charge in [-0.1, -0.05) is 20.8 Å². The fraction of sp³-hybridized carbons (Fsp3) is 0.625. The summed E-state index contributed by atoms with van der Waals surface area (Å²) in [4.78, 5) is 0. The lowest BCUT2D eigenvalue weighted by atomic mass is 9.92. The summed E-state index contributed by atoms with van der Waals surface area (Å²) in [6, 6.07) is 6.15. The molecule has 0 amide bonds. The highest BCUT2D eigenvalue weighted by Gasteiger charge is 2.14. The Bertz CT molecular complexity index is 396. The smallest absolute Gasteiger partial charge is 0.123 e. The van der Waals surface area contributed by atoms with Crippen molar-refractivity contribution < 1.29 is 9.47 Å². The molecule has 0 aliphatic rings. The molecule has 0 fully saturated rings. The van der Waals surface area contributed by atoms with Crippen LogP contribution < -0.4 is 14.8 Å². The van der Waals surface area contributed by atoms with Gasteiger partial charge in [0.25, 0.3) is 0 Å². The minimum atomic E-state index is 0.243. The number of hydrogen-bond acceptors (Lipinski definition) is 3. The normalized spacial score (nSPS) is 13.2. The van der Waals surface area contributed by atoms with Crippen LogP contribution in [0.3, 0.4) is 0 Å². The van der Waals surface area contributed by atoms with Gasteiger partial charge in [0.2, 0.25) is 0 Å². The number of ether oxygens (including phenoxy) is 2. The molecule has 1 aromatic rings. The fourth-order valence-electron chi connectivity index (χ4n) is 1.95. The highest BCUT2D eigenvalue weighted by atomic mass is 16.5. The molecule has 0 saturated heterocycles. The first-order valence-electron chi connectivity index (χ1n) is 6.82. The SMILES string of the molecule is COc1ccc(OC)c(C(C)NCCC(C)(C)C)c1. The quantitative estimate of drug-likeness (QED) is 0.849. The molecule has 1 N–H and O–H groups in total. The van der Waals surface area contributed by atoms with Crippen LogP contribution in [-0.4, -0.2) is 20.8 Å². The lowest BCUT2D eigenvalue weighted by Gasteiger charge is -2.22. The molecule has 0 bridgehead atoms. The Labute approximate surface area is 117 Å². The molecule has 3 nitrogen and oxygen atoms in total. The van der Waals surface area contributed by atoms with Gasteiger partial charge in [-0.2, -0.15) is 0 Å². The Hall–Kier alpha value is -1.22. The first-order valence-corrected chi connectivity index (χ1v) is 6.82. The van der Waals surface area contributed by atoms with Gasteiger partial charge < -0.3 is 14.8 Å². The Kier molecular flexibility index (Phi) is 5.67. The van der Waals surface area contributed by atoms with Crippen molar-refractivity contribution in [2.45, 2.75) is 40.2 Å². The van der Waals surface area contributed by atoms with Crippen molar-refractivity contribution in [1.29, 1.82) is 0 Å². The predicted octanol–water partition coefficient (Wildman–Crippen LogP) is 3.79. The van der Waals surface area contributed by atoms with E-state index < -0.39 is 0 Å². The van der Waals surface area contributed by atoms with E-state index in [0.29, 0.717) is 5.41 Å². The molecule has 19 heavy (non-hydrogen) atoms. The molecule has 0 aliphatic heterocycles. The third-order valence-electron chi connectivity index (χ3n) is 3.23. The van der Waals surface area contributed by atoms with Gasteiger partial charge in [-0.15, -0.1) is 0 Å². The lowest BCUT2D eigenvalue weighted by Crippen LogP contribution is -2.24. The molecule has 1 aromatic carbocycles. The van der Waals surface area contributed by atoms with Crippen LogP contribution in [0.5, 0.6) is 11.5 Å². The highest BCUT2D eigenvalue weighted by Crippen LogP contribution is 2.29. The molecule has 108 valence electrons. The molecule has 0 saturated carbocycles. The van der Waals surface area contributed by atoms with E-state index in [1.54, 1.807) is 14.2 Å². The summed E-state index contributed by atoms with van der Waals surface area (Å²) in [6.45, 7) is 9.91. The molecule has 0 heterocycles. The molecular weight excluding hydrogens is 238 g/mol. The molecular formula is C16H27NO2. The van der Waals surface area contributed by atoms with Crippen LogP contribution in [0.2, 0.25) is 0 Å². The molecule has 0 aromatic heterocycles. The summed E-state index contributed by atoms with van der Waals surface area (Å²) in [5.41, 5.74) is 1.49. The van der Waals surface area contributed by atoms with Crippen molar-refractivity contribution in [2.24, 2.45) is 5.41 Å². The van der Waals surface area contributed by atoms with Crippen LogP contribution in [0.4, 0.5) is 0 Å². The van der Waals surface area contributed by atoms with Crippen LogP contribution in [0.15, 0.2) is 18.2 Å². The standard InChI is InChI=1S/C16H27NO2/c1-12(17-10-9-16(2,3)4)14-11-13(18-5)7-8-15(14)19-6/h7-8,11-12,17H,9-10H2,1-6H3. The second-order valence-corrected chi connectivity index (χ2v) is 6.09. The van der Waals surface area contributed by atoms with Crippen molar-refractivity contribution in [1.82, 2.24) is 5.32 Å². The average molecular weight is 265 g/mol. The second kappa shape index (κ2) is 6.80. The molecule has 1 atom stereocenters. The number of hydrogen-bond donors (Lipinski definition) is 1. The first-order chi connectivity index (χ1) is 8.87. The highest BCUT2D eigenvalue weighted by molar-refractivity contribution is 5.42. The molecule has 0 radical (unpaired) electrons. The van der Waals surface area contributed by atoms with Crippen molar-refractivity contribution in [3.05, 3.63) is 23.8 Å². The van der Waals surface area contributed by atoms with Crippen LogP contribution in [-0.2, 0) is 0 Å². The van der Waals surface area contributed by atoms with Crippen molar-refractivity contribution in [3.8, 4) is 11.5 Å². The predicted molar refractivity (Wildman–Crippen MR) is 80.0 cm³/mol. The Morgan fingerprint density at radius 2 is 1.84 bits per heavy atom. The number of methoxy groups -OCH3 is 2. The first kappa shape index (κ1) is 15.8. The van der Waals surface area contributed by atoms with E-state index in [4.69, 9.17) is 9.47 Å². The lowest BCUT2D eigenvalue weighted by molar-refractivity contribution is 0.353. The monoisotopic (exact) mass is 265 g/mol. The summed E-state index contributed by atoms with van der Waals surface area (Å²) >= 11 is 0. The maximum absolute atomic E-state index is 5.42. The molecule has 1 unspecified atom stereocenters. The third kappa shape index (κ3) is 5.11. The minimum absolute atomic E-state index is 0.243. The third-order valence-corrected chi connectivity index (χ3v) is 3.23. The van der Waals surface area contributed by atoms with Gasteiger partial charge in [0, 0.05) is 11.6 Å². The fourth-order valence-corrected chi connectivity index (χ4v) is 1.95. The summed E-state index contributed by atoms with van der Waals surface area (Å²) in [5, 5.41) is 3.55. The van der Waals surface area contributed by atoms with Crippen LogP contribution >= 0.6 is 0 Å². The van der Waals surface area contributed by atoms with Crippen molar-refractivity contribution >= 4 is 0 Å². The average Bonchev–Trinajstić information content (AvgIpc) is 2.36. The second-order valence-electron chi connectivity index (χ2n) is 6.09. The maximum Gasteiger partial charge on any atom is 0.123 e. The molecule has 0 aliphatic carbocycles. The van der Waals surface area contributed by atoms with E-state index in [0.717, 1.165) is 30.0 Å². The van der Waals surface area contributed by atoms with E-state index in [9.17, 15) is 0 Å². The van der Waals surface area contributed by atoms with Gasteiger partial charge in [0.05, 0.1) is 14.2 Å². The van der Waals surface area contributed by atoms with E-state index in [-0.39, 0.29) is 6.04 Å². The summed E-state index contributed by atoms with van der Waals surface area (Å²) in [6.07, 6.45) is 1.14. The summed E-state index contributed by atoms with van der Waals surface area (Å²) in [5.74, 6) is 1.76. The Morgan fingerprint density at radius 1 is 1.16 bits per heavy atom. The topological polar surface area (TPSA) is 30.5 Å². The summed E-state index contributed by atoms with van der Waals surface area (Å²) in [7, 11) is 3.39. The summed E-state index contributed by atoms with van der Waals surface area (Å²) < 4.78 is 10.7. The van der Waals surface area contributed by atoms with E-state index in [1.807, 2.05) is 18.2 Å². The Balaban J connectivity index is 2.72. The molecule has 1 rings (SSSR count). The molecule has 0 spiro atoms. The van der Waals surface area contributed by atoms with Gasteiger partial charge in [-0.3, -0.25) is 0 Å². The van der Waals surface area contributed by atoms with E-state index in [2.05, 4.69) is 33.0 Å². The maximum atomic E-state index is 5.42. The van der Waals surface area contributed by atoms with Gasteiger partial charge in [0.1, 0.15) is 11.5 Å². The van der Waals surface area contributed by atoms with Crippen molar-refractivity contribution in [2.75, 3.05) is 20.8 Å². The van der Waals surface area contributed by atoms with E-state index >= 15 is 0 Å². The Morgan fingerprint density at radius 3 is 2.37 bits per heavy atom. The van der Waals surface area contributed by atoms with Gasteiger partial charge in [0.15, 0.2) is 0 Å². The van der Waals surface area contributed by atoms with Crippen LogP contribution in [0.1, 0.15) is 45.7 Å². The number of benzene rings is 1. The zero-order chi connectivity index (χ0) is 14.5. The van der Waals surface area contributed by atoms with E-state index in [1.165, 1.54) is 0 Å². The van der Waals surface area contributed by atoms with Crippen LogP contribution in [0.25, 0.3) is 0 Å².